The average molecular weight is 480 g/mol. The molecule has 0 unspecified atom stereocenters. The Morgan fingerprint density at radius 3 is 2.62 bits per heavy atom. The van der Waals surface area contributed by atoms with E-state index in [4.69, 9.17) is 4.42 Å². The van der Waals surface area contributed by atoms with Crippen LogP contribution in [0.25, 0.3) is 6.08 Å². The molecule has 0 aliphatic carbocycles. The third-order valence-corrected chi connectivity index (χ3v) is 6.80. The fourth-order valence-electron chi connectivity index (χ4n) is 3.61. The van der Waals surface area contributed by atoms with Crippen LogP contribution in [0.2, 0.25) is 0 Å². The third-order valence-electron chi connectivity index (χ3n) is 5.38. The zero-order valence-corrected chi connectivity index (χ0v) is 19.3. The lowest BCUT2D eigenvalue weighted by Gasteiger charge is -2.27. The van der Waals surface area contributed by atoms with Crippen LogP contribution in [0.4, 0.5) is 11.4 Å². The minimum atomic E-state index is -3.68. The number of nitrogens with one attached hydrogen (secondary N) is 2. The van der Waals surface area contributed by atoms with Gasteiger partial charge in [0.25, 0.3) is 0 Å². The summed E-state index contributed by atoms with van der Waals surface area (Å²) in [6.45, 7) is 0.741. The Kier molecular flexibility index (Phi) is 7.24. The Bertz CT molecular complexity index is 1280. The summed E-state index contributed by atoms with van der Waals surface area (Å²) in [5.74, 6) is 0.275. The van der Waals surface area contributed by atoms with E-state index in [0.717, 1.165) is 18.5 Å². The summed E-state index contributed by atoms with van der Waals surface area (Å²) in [6.07, 6.45) is 6.86. The Labute approximate surface area is 198 Å². The van der Waals surface area contributed by atoms with Gasteiger partial charge in [-0.1, -0.05) is 18.2 Å². The number of carbonyl (C=O) groups excluding carboxylic acids is 2. The van der Waals surface area contributed by atoms with Crippen LogP contribution in [0.15, 0.2) is 82.3 Å². The van der Waals surface area contributed by atoms with Gasteiger partial charge in [-0.2, -0.15) is 0 Å². The van der Waals surface area contributed by atoms with E-state index in [0.29, 0.717) is 30.0 Å². The number of hydrogen-bond acceptors (Lipinski definition) is 5. The maximum absolute atomic E-state index is 12.4. The number of nitrogens with zero attached hydrogens (tertiary/aromatic N) is 1. The maximum Gasteiger partial charge on any atom is 0.248 e. The fraction of sp³-hybridized carbons (Fsp3) is 0.200. The van der Waals surface area contributed by atoms with Crippen molar-refractivity contribution in [2.24, 2.45) is 0 Å². The van der Waals surface area contributed by atoms with Gasteiger partial charge in [-0.05, 0) is 66.9 Å². The Morgan fingerprint density at radius 2 is 1.88 bits per heavy atom. The summed E-state index contributed by atoms with van der Waals surface area (Å²) in [5.41, 5.74) is 2.03. The number of carbonyl (C=O) groups is 2. The quantitative estimate of drug-likeness (QED) is 0.476. The molecule has 4 rings (SSSR count). The van der Waals surface area contributed by atoms with Gasteiger partial charge in [-0.15, -0.1) is 0 Å². The zero-order valence-electron chi connectivity index (χ0n) is 18.4. The first-order valence-electron chi connectivity index (χ1n) is 10.9. The average Bonchev–Trinajstić information content (AvgIpc) is 3.36. The molecule has 34 heavy (non-hydrogen) atoms. The molecule has 0 saturated carbocycles. The molecule has 9 heteroatoms. The second kappa shape index (κ2) is 10.5. The maximum atomic E-state index is 12.4. The van der Waals surface area contributed by atoms with Crippen LogP contribution in [0.5, 0.6) is 0 Å². The first kappa shape index (κ1) is 23.5. The molecule has 8 nitrogen and oxygen atoms in total. The van der Waals surface area contributed by atoms with Gasteiger partial charge in [0.05, 0.1) is 17.7 Å². The van der Waals surface area contributed by atoms with Crippen molar-refractivity contribution in [3.05, 3.63) is 84.3 Å². The van der Waals surface area contributed by atoms with E-state index in [1.54, 1.807) is 53.4 Å². The van der Waals surface area contributed by atoms with Crippen LogP contribution < -0.4 is 14.9 Å². The zero-order chi connectivity index (χ0) is 24.0. The van der Waals surface area contributed by atoms with E-state index in [1.165, 1.54) is 24.5 Å². The Hall–Kier alpha value is -3.69. The summed E-state index contributed by atoms with van der Waals surface area (Å²) in [6, 6.07) is 16.8. The predicted molar refractivity (Wildman–Crippen MR) is 129 cm³/mol. The van der Waals surface area contributed by atoms with E-state index < -0.39 is 10.0 Å². The van der Waals surface area contributed by atoms with Crippen molar-refractivity contribution in [2.75, 3.05) is 16.8 Å². The molecule has 176 valence electrons. The number of amides is 2. The van der Waals surface area contributed by atoms with E-state index in [2.05, 4.69) is 10.0 Å². The number of furan rings is 1. The van der Waals surface area contributed by atoms with Gasteiger partial charge in [0.2, 0.25) is 21.8 Å². The Morgan fingerprint density at radius 1 is 1.06 bits per heavy atom. The predicted octanol–water partition coefficient (Wildman–Crippen LogP) is 3.93. The molecule has 0 atom stereocenters. The molecule has 1 fully saturated rings. The first-order chi connectivity index (χ1) is 16.4. The summed E-state index contributed by atoms with van der Waals surface area (Å²) in [4.78, 5) is 26.4. The number of benzene rings is 2. The minimum absolute atomic E-state index is 0.0598. The molecule has 2 amide bonds. The highest BCUT2D eigenvalue weighted by Crippen LogP contribution is 2.24. The third kappa shape index (κ3) is 6.00. The topological polar surface area (TPSA) is 109 Å². The number of sulfonamides is 1. The van der Waals surface area contributed by atoms with Crippen molar-refractivity contribution < 1.29 is 22.4 Å². The number of piperidine rings is 1. The smallest absolute Gasteiger partial charge is 0.248 e. The van der Waals surface area contributed by atoms with Crippen molar-refractivity contribution in [3.8, 4) is 0 Å². The molecular formula is C25H25N3O5S. The van der Waals surface area contributed by atoms with Crippen LogP contribution >= 0.6 is 0 Å². The van der Waals surface area contributed by atoms with Gasteiger partial charge in [0, 0.05) is 30.4 Å². The van der Waals surface area contributed by atoms with E-state index in [9.17, 15) is 18.0 Å². The molecule has 1 aromatic heterocycles. The van der Waals surface area contributed by atoms with Gasteiger partial charge in [-0.25, -0.2) is 13.1 Å². The highest BCUT2D eigenvalue weighted by molar-refractivity contribution is 7.89. The molecule has 0 radical (unpaired) electrons. The number of hydrogen-bond donors (Lipinski definition) is 2. The fourth-order valence-corrected chi connectivity index (χ4v) is 4.60. The van der Waals surface area contributed by atoms with Crippen molar-refractivity contribution in [2.45, 2.75) is 30.7 Å². The molecule has 0 spiro atoms. The standard InChI is InChI=1S/C25H25N3O5S/c29-24(27-20-5-3-6-21(17-20)28-15-2-1-8-25(28)30)14-11-19-9-12-23(13-10-19)34(31,32)26-18-22-7-4-16-33-22/h3-7,9-14,16-17,26H,1-2,8,15,18H2,(H,27,29)/b14-11+. The lowest BCUT2D eigenvalue weighted by Crippen LogP contribution is -2.35. The SMILES string of the molecule is O=C(/C=C/c1ccc(S(=O)(=O)NCc2ccco2)cc1)Nc1cccc(N2CCCCC2=O)c1. The van der Waals surface area contributed by atoms with Crippen LogP contribution in [-0.4, -0.2) is 26.8 Å². The van der Waals surface area contributed by atoms with Gasteiger partial charge in [-0.3, -0.25) is 9.59 Å². The molecule has 1 aliphatic heterocycles. The minimum Gasteiger partial charge on any atom is -0.468 e. The van der Waals surface area contributed by atoms with Crippen LogP contribution in [0.3, 0.4) is 0 Å². The van der Waals surface area contributed by atoms with Crippen LogP contribution in [-0.2, 0) is 26.2 Å². The molecule has 2 heterocycles. The van der Waals surface area contributed by atoms with Gasteiger partial charge < -0.3 is 14.6 Å². The van der Waals surface area contributed by atoms with Gasteiger partial charge in [0.15, 0.2) is 0 Å². The van der Waals surface area contributed by atoms with Crippen molar-refractivity contribution >= 4 is 39.3 Å². The summed E-state index contributed by atoms with van der Waals surface area (Å²) in [7, 11) is -3.68. The molecule has 2 N–H and O–H groups in total. The van der Waals surface area contributed by atoms with Gasteiger partial charge >= 0.3 is 0 Å². The first-order valence-corrected chi connectivity index (χ1v) is 12.4. The monoisotopic (exact) mass is 479 g/mol. The van der Waals surface area contributed by atoms with E-state index in [1.807, 2.05) is 6.07 Å². The summed E-state index contributed by atoms with van der Waals surface area (Å²) >= 11 is 0. The van der Waals surface area contributed by atoms with Gasteiger partial charge in [0.1, 0.15) is 5.76 Å². The molecule has 1 aliphatic rings. The van der Waals surface area contributed by atoms with Crippen molar-refractivity contribution in [1.82, 2.24) is 4.72 Å². The van der Waals surface area contributed by atoms with Crippen molar-refractivity contribution in [1.29, 1.82) is 0 Å². The Balaban J connectivity index is 1.35. The number of anilines is 2. The highest BCUT2D eigenvalue weighted by atomic mass is 32.2. The van der Waals surface area contributed by atoms with Crippen LogP contribution in [0.1, 0.15) is 30.6 Å². The second-order valence-electron chi connectivity index (χ2n) is 7.85. The van der Waals surface area contributed by atoms with E-state index in [-0.39, 0.29) is 23.3 Å². The van der Waals surface area contributed by atoms with E-state index >= 15 is 0 Å². The molecule has 1 saturated heterocycles. The summed E-state index contributed by atoms with van der Waals surface area (Å²) < 4.78 is 32.4. The van der Waals surface area contributed by atoms with Crippen LogP contribution in [0, 0.1) is 0 Å². The largest absolute Gasteiger partial charge is 0.468 e. The lowest BCUT2D eigenvalue weighted by molar-refractivity contribution is -0.119. The molecular weight excluding hydrogens is 454 g/mol. The lowest BCUT2D eigenvalue weighted by atomic mass is 10.1. The molecule has 3 aromatic rings. The number of rotatable bonds is 8. The highest BCUT2D eigenvalue weighted by Gasteiger charge is 2.19. The summed E-state index contributed by atoms with van der Waals surface area (Å²) in [5, 5.41) is 2.79. The second-order valence-corrected chi connectivity index (χ2v) is 9.62. The van der Waals surface area contributed by atoms with Crippen molar-refractivity contribution in [3.63, 3.8) is 0 Å². The molecule has 2 aromatic carbocycles. The molecule has 0 bridgehead atoms. The normalized spacial score (nSPS) is 14.5.